The monoisotopic (exact) mass is 298 g/mol. The van der Waals surface area contributed by atoms with Gasteiger partial charge in [-0.3, -0.25) is 0 Å². The SMILES string of the molecule is C=CCc1ccc(O)c(Sc2cc(CC=C)ccc2O)c1. The molecule has 0 aliphatic heterocycles. The number of allylic oxidation sites excluding steroid dienone is 2. The van der Waals surface area contributed by atoms with Crippen LogP contribution in [0.15, 0.2) is 71.5 Å². The Morgan fingerprint density at radius 3 is 1.62 bits per heavy atom. The molecular formula is C18H18O2S. The highest BCUT2D eigenvalue weighted by molar-refractivity contribution is 7.99. The second-order valence-corrected chi connectivity index (χ2v) is 5.78. The Kier molecular flexibility index (Phi) is 5.12. The van der Waals surface area contributed by atoms with Crippen LogP contribution in [0.3, 0.4) is 0 Å². The Morgan fingerprint density at radius 2 is 1.24 bits per heavy atom. The maximum absolute atomic E-state index is 9.98. The molecule has 0 heterocycles. The van der Waals surface area contributed by atoms with Crippen molar-refractivity contribution in [2.75, 3.05) is 0 Å². The molecule has 3 heteroatoms. The molecule has 0 saturated heterocycles. The van der Waals surface area contributed by atoms with Crippen molar-refractivity contribution in [3.63, 3.8) is 0 Å². The lowest BCUT2D eigenvalue weighted by molar-refractivity contribution is 0.459. The molecule has 2 aromatic rings. The van der Waals surface area contributed by atoms with Crippen molar-refractivity contribution in [1.82, 2.24) is 0 Å². The third kappa shape index (κ3) is 3.92. The van der Waals surface area contributed by atoms with Gasteiger partial charge in [0.2, 0.25) is 0 Å². The summed E-state index contributed by atoms with van der Waals surface area (Å²) in [5, 5.41) is 20.0. The molecule has 0 radical (unpaired) electrons. The van der Waals surface area contributed by atoms with Crippen LogP contribution in [-0.4, -0.2) is 10.2 Å². The Hall–Kier alpha value is -2.13. The fraction of sp³-hybridized carbons (Fsp3) is 0.111. The van der Waals surface area contributed by atoms with Crippen molar-refractivity contribution in [3.05, 3.63) is 72.8 Å². The first-order valence-corrected chi connectivity index (χ1v) is 7.49. The molecule has 0 aliphatic carbocycles. The van der Waals surface area contributed by atoms with Gasteiger partial charge in [0.15, 0.2) is 0 Å². The number of rotatable bonds is 6. The quantitative estimate of drug-likeness (QED) is 0.759. The maximum atomic E-state index is 9.98. The van der Waals surface area contributed by atoms with E-state index in [1.807, 2.05) is 36.4 Å². The van der Waals surface area contributed by atoms with Crippen molar-refractivity contribution < 1.29 is 10.2 Å². The van der Waals surface area contributed by atoms with Gasteiger partial charge in [0.25, 0.3) is 0 Å². The van der Waals surface area contributed by atoms with E-state index < -0.39 is 0 Å². The summed E-state index contributed by atoms with van der Waals surface area (Å²) >= 11 is 1.35. The van der Waals surface area contributed by atoms with Crippen LogP contribution >= 0.6 is 11.8 Å². The second-order valence-electron chi connectivity index (χ2n) is 4.69. The average molecular weight is 298 g/mol. The van der Waals surface area contributed by atoms with Crippen molar-refractivity contribution >= 4 is 11.8 Å². The predicted molar refractivity (Wildman–Crippen MR) is 88.1 cm³/mol. The van der Waals surface area contributed by atoms with Gasteiger partial charge in [0.1, 0.15) is 11.5 Å². The molecule has 0 fully saturated rings. The molecular weight excluding hydrogens is 280 g/mol. The summed E-state index contributed by atoms with van der Waals surface area (Å²) in [5.74, 6) is 0.419. The van der Waals surface area contributed by atoms with Crippen LogP contribution in [0.1, 0.15) is 11.1 Å². The van der Waals surface area contributed by atoms with Crippen LogP contribution in [0.25, 0.3) is 0 Å². The van der Waals surface area contributed by atoms with Gasteiger partial charge in [-0.05, 0) is 48.2 Å². The Bertz CT molecular complexity index is 605. The highest BCUT2D eigenvalue weighted by atomic mass is 32.2. The summed E-state index contributed by atoms with van der Waals surface area (Å²) < 4.78 is 0. The van der Waals surface area contributed by atoms with E-state index >= 15 is 0 Å². The standard InChI is InChI=1S/C18H18O2S/c1-3-5-13-7-9-15(19)17(11-13)21-18-12-14(6-4-2)8-10-16(18)20/h3-4,7-12,19-20H,1-2,5-6H2. The zero-order valence-electron chi connectivity index (χ0n) is 11.7. The predicted octanol–water partition coefficient (Wildman–Crippen LogP) is 4.71. The lowest BCUT2D eigenvalue weighted by Gasteiger charge is -2.09. The molecule has 2 rings (SSSR count). The summed E-state index contributed by atoms with van der Waals surface area (Å²) in [6.07, 6.45) is 5.14. The summed E-state index contributed by atoms with van der Waals surface area (Å²) in [6, 6.07) is 10.9. The molecule has 0 aliphatic rings. The van der Waals surface area contributed by atoms with Gasteiger partial charge in [0, 0.05) is 0 Å². The van der Waals surface area contributed by atoms with Crippen molar-refractivity contribution in [2.24, 2.45) is 0 Å². The summed E-state index contributed by atoms with van der Waals surface area (Å²) in [5.41, 5.74) is 2.15. The molecule has 0 saturated carbocycles. The van der Waals surface area contributed by atoms with Crippen LogP contribution in [0.5, 0.6) is 11.5 Å². The Morgan fingerprint density at radius 1 is 0.810 bits per heavy atom. The highest BCUT2D eigenvalue weighted by Crippen LogP contribution is 2.39. The van der Waals surface area contributed by atoms with Gasteiger partial charge in [-0.25, -0.2) is 0 Å². The van der Waals surface area contributed by atoms with Gasteiger partial charge >= 0.3 is 0 Å². The van der Waals surface area contributed by atoms with E-state index in [-0.39, 0.29) is 11.5 Å². The molecule has 0 aromatic heterocycles. The lowest BCUT2D eigenvalue weighted by atomic mass is 10.1. The molecule has 2 nitrogen and oxygen atoms in total. The number of phenols is 2. The maximum Gasteiger partial charge on any atom is 0.129 e. The normalized spacial score (nSPS) is 10.3. The van der Waals surface area contributed by atoms with Gasteiger partial charge < -0.3 is 10.2 Å². The summed E-state index contributed by atoms with van der Waals surface area (Å²) in [4.78, 5) is 1.45. The zero-order valence-corrected chi connectivity index (χ0v) is 12.6. The molecule has 2 N–H and O–H groups in total. The van der Waals surface area contributed by atoms with Gasteiger partial charge in [0.05, 0.1) is 9.79 Å². The van der Waals surface area contributed by atoms with E-state index in [4.69, 9.17) is 0 Å². The number of aromatic hydroxyl groups is 2. The van der Waals surface area contributed by atoms with E-state index in [1.54, 1.807) is 12.1 Å². The fourth-order valence-corrected chi connectivity index (χ4v) is 2.99. The lowest BCUT2D eigenvalue weighted by Crippen LogP contribution is -1.85. The molecule has 0 bridgehead atoms. The van der Waals surface area contributed by atoms with Crippen molar-refractivity contribution in [3.8, 4) is 11.5 Å². The topological polar surface area (TPSA) is 40.5 Å². The minimum absolute atomic E-state index is 0.210. The first-order chi connectivity index (χ1) is 10.1. The van der Waals surface area contributed by atoms with E-state index in [0.29, 0.717) is 0 Å². The third-order valence-electron chi connectivity index (χ3n) is 3.03. The zero-order chi connectivity index (χ0) is 15.2. The van der Waals surface area contributed by atoms with Crippen LogP contribution in [0, 0.1) is 0 Å². The van der Waals surface area contributed by atoms with Gasteiger partial charge in [-0.15, -0.1) is 13.2 Å². The first kappa shape index (κ1) is 15.3. The summed E-state index contributed by atoms with van der Waals surface area (Å²) in [7, 11) is 0. The first-order valence-electron chi connectivity index (χ1n) is 6.67. The van der Waals surface area contributed by atoms with Crippen molar-refractivity contribution in [2.45, 2.75) is 22.6 Å². The molecule has 21 heavy (non-hydrogen) atoms. The molecule has 0 spiro atoms. The molecule has 108 valence electrons. The fourth-order valence-electron chi connectivity index (χ4n) is 1.99. The third-order valence-corrected chi connectivity index (χ3v) is 4.12. The minimum atomic E-state index is 0.210. The largest absolute Gasteiger partial charge is 0.507 e. The van der Waals surface area contributed by atoms with E-state index in [1.165, 1.54) is 11.8 Å². The molecule has 0 amide bonds. The van der Waals surface area contributed by atoms with Gasteiger partial charge in [-0.1, -0.05) is 36.0 Å². The number of hydrogen-bond acceptors (Lipinski definition) is 3. The van der Waals surface area contributed by atoms with E-state index in [0.717, 1.165) is 33.8 Å². The van der Waals surface area contributed by atoms with Crippen LogP contribution in [0.2, 0.25) is 0 Å². The molecule has 2 aromatic carbocycles. The number of benzene rings is 2. The van der Waals surface area contributed by atoms with E-state index in [9.17, 15) is 10.2 Å². The van der Waals surface area contributed by atoms with Gasteiger partial charge in [-0.2, -0.15) is 0 Å². The van der Waals surface area contributed by atoms with Crippen LogP contribution in [-0.2, 0) is 12.8 Å². The number of phenolic OH excluding ortho intramolecular Hbond substituents is 2. The summed E-state index contributed by atoms with van der Waals surface area (Å²) in [6.45, 7) is 7.44. The molecule has 0 atom stereocenters. The Labute approximate surface area is 129 Å². The van der Waals surface area contributed by atoms with Crippen LogP contribution in [0.4, 0.5) is 0 Å². The average Bonchev–Trinajstić information content (AvgIpc) is 2.46. The number of hydrogen-bond donors (Lipinski definition) is 2. The molecule has 0 unspecified atom stereocenters. The second kappa shape index (κ2) is 7.04. The minimum Gasteiger partial charge on any atom is -0.507 e. The van der Waals surface area contributed by atoms with Crippen molar-refractivity contribution in [1.29, 1.82) is 0 Å². The van der Waals surface area contributed by atoms with Crippen LogP contribution < -0.4 is 0 Å². The smallest absolute Gasteiger partial charge is 0.129 e. The van der Waals surface area contributed by atoms with E-state index in [2.05, 4.69) is 13.2 Å². The Balaban J connectivity index is 2.32. The highest BCUT2D eigenvalue weighted by Gasteiger charge is 2.09.